The Balaban J connectivity index is 1.95. The molecule has 22 heavy (non-hydrogen) atoms. The summed E-state index contributed by atoms with van der Waals surface area (Å²) in [6, 6.07) is 13.4. The first-order valence-corrected chi connectivity index (χ1v) is 7.95. The molecule has 1 heterocycles. The predicted octanol–water partition coefficient (Wildman–Crippen LogP) is 5.15. The molecule has 114 valence electrons. The van der Waals surface area contributed by atoms with E-state index in [0.29, 0.717) is 10.0 Å². The summed E-state index contributed by atoms with van der Waals surface area (Å²) in [6.07, 6.45) is 1.92. The van der Waals surface area contributed by atoms with Crippen LogP contribution in [0.4, 0.5) is 5.69 Å². The molecule has 0 saturated heterocycles. The van der Waals surface area contributed by atoms with E-state index in [4.69, 9.17) is 23.2 Å². The second kappa shape index (κ2) is 6.55. The zero-order chi connectivity index (χ0) is 15.5. The SMILES string of the molecule is CCC[C@H](Nc1cc(Cl)cc(Cl)c1)n1nnc2ccccc21. The van der Waals surface area contributed by atoms with E-state index in [1.54, 1.807) is 6.07 Å². The first-order valence-electron chi connectivity index (χ1n) is 7.20. The highest BCUT2D eigenvalue weighted by Crippen LogP contribution is 2.27. The molecule has 0 aliphatic heterocycles. The van der Waals surface area contributed by atoms with E-state index in [2.05, 4.69) is 22.6 Å². The Labute approximate surface area is 139 Å². The number of benzene rings is 2. The molecular weight excluding hydrogens is 319 g/mol. The van der Waals surface area contributed by atoms with Gasteiger partial charge in [-0.25, -0.2) is 4.68 Å². The Kier molecular flexibility index (Phi) is 4.50. The Hall–Kier alpha value is -1.78. The van der Waals surface area contributed by atoms with Gasteiger partial charge in [0.05, 0.1) is 5.52 Å². The van der Waals surface area contributed by atoms with Crippen molar-refractivity contribution in [2.45, 2.75) is 25.9 Å². The maximum absolute atomic E-state index is 6.07. The van der Waals surface area contributed by atoms with E-state index in [1.165, 1.54) is 0 Å². The van der Waals surface area contributed by atoms with E-state index < -0.39 is 0 Å². The first-order chi connectivity index (χ1) is 10.7. The number of nitrogens with one attached hydrogen (secondary N) is 1. The fraction of sp³-hybridized carbons (Fsp3) is 0.250. The Morgan fingerprint density at radius 3 is 2.59 bits per heavy atom. The van der Waals surface area contributed by atoms with Crippen molar-refractivity contribution in [3.63, 3.8) is 0 Å². The fourth-order valence-electron chi connectivity index (χ4n) is 2.48. The zero-order valence-corrected chi connectivity index (χ0v) is 13.6. The summed E-state index contributed by atoms with van der Waals surface area (Å²) in [4.78, 5) is 0. The molecule has 0 saturated carbocycles. The molecule has 1 N–H and O–H groups in total. The van der Waals surface area contributed by atoms with Crippen LogP contribution in [-0.2, 0) is 0 Å². The quantitative estimate of drug-likeness (QED) is 0.701. The lowest BCUT2D eigenvalue weighted by Crippen LogP contribution is -2.19. The van der Waals surface area contributed by atoms with Crippen molar-refractivity contribution >= 4 is 39.9 Å². The lowest BCUT2D eigenvalue weighted by Gasteiger charge is -2.20. The second-order valence-electron chi connectivity index (χ2n) is 5.13. The van der Waals surface area contributed by atoms with Crippen molar-refractivity contribution in [2.75, 3.05) is 5.32 Å². The molecule has 4 nitrogen and oxygen atoms in total. The van der Waals surface area contributed by atoms with Gasteiger partial charge >= 0.3 is 0 Å². The minimum absolute atomic E-state index is 0.00747. The summed E-state index contributed by atoms with van der Waals surface area (Å²) in [7, 11) is 0. The molecule has 0 fully saturated rings. The molecule has 0 unspecified atom stereocenters. The maximum atomic E-state index is 6.07. The highest BCUT2D eigenvalue weighted by Gasteiger charge is 2.15. The number of hydrogen-bond acceptors (Lipinski definition) is 3. The van der Waals surface area contributed by atoms with E-state index in [9.17, 15) is 0 Å². The highest BCUT2D eigenvalue weighted by atomic mass is 35.5. The van der Waals surface area contributed by atoms with Gasteiger partial charge in [-0.3, -0.25) is 0 Å². The van der Waals surface area contributed by atoms with Gasteiger partial charge in [0, 0.05) is 15.7 Å². The minimum atomic E-state index is -0.00747. The van der Waals surface area contributed by atoms with Crippen LogP contribution in [0.15, 0.2) is 42.5 Å². The first kappa shape index (κ1) is 15.1. The van der Waals surface area contributed by atoms with E-state index in [0.717, 1.165) is 29.6 Å². The van der Waals surface area contributed by atoms with Crippen LogP contribution in [-0.4, -0.2) is 15.0 Å². The third kappa shape index (κ3) is 3.18. The van der Waals surface area contributed by atoms with Gasteiger partial charge < -0.3 is 5.32 Å². The Morgan fingerprint density at radius 1 is 1.14 bits per heavy atom. The van der Waals surface area contributed by atoms with Crippen molar-refractivity contribution < 1.29 is 0 Å². The van der Waals surface area contributed by atoms with Crippen molar-refractivity contribution in [3.05, 3.63) is 52.5 Å². The lowest BCUT2D eigenvalue weighted by atomic mass is 10.2. The highest BCUT2D eigenvalue weighted by molar-refractivity contribution is 6.35. The molecule has 3 aromatic rings. The normalized spacial score (nSPS) is 12.5. The number of anilines is 1. The third-order valence-corrected chi connectivity index (χ3v) is 3.87. The summed E-state index contributed by atoms with van der Waals surface area (Å²) in [5.74, 6) is 0. The van der Waals surface area contributed by atoms with Crippen molar-refractivity contribution in [1.29, 1.82) is 0 Å². The van der Waals surface area contributed by atoms with Gasteiger partial charge in [0.1, 0.15) is 11.7 Å². The number of rotatable bonds is 5. The largest absolute Gasteiger partial charge is 0.364 e. The molecule has 3 rings (SSSR count). The molecule has 2 aromatic carbocycles. The summed E-state index contributed by atoms with van der Waals surface area (Å²) in [6.45, 7) is 2.14. The molecule has 0 spiro atoms. The van der Waals surface area contributed by atoms with Crippen LogP contribution in [0.2, 0.25) is 10.0 Å². The zero-order valence-electron chi connectivity index (χ0n) is 12.1. The lowest BCUT2D eigenvalue weighted by molar-refractivity contribution is 0.467. The third-order valence-electron chi connectivity index (χ3n) is 3.43. The number of aromatic nitrogens is 3. The molecule has 0 bridgehead atoms. The minimum Gasteiger partial charge on any atom is -0.364 e. The summed E-state index contributed by atoms with van der Waals surface area (Å²) in [5, 5.41) is 13.2. The molecular formula is C16H16Cl2N4. The smallest absolute Gasteiger partial charge is 0.123 e. The van der Waals surface area contributed by atoms with Crippen LogP contribution in [0.25, 0.3) is 11.0 Å². The van der Waals surface area contributed by atoms with Crippen LogP contribution >= 0.6 is 23.2 Å². The summed E-state index contributed by atoms with van der Waals surface area (Å²) < 4.78 is 1.91. The molecule has 1 aromatic heterocycles. The molecule has 0 aliphatic rings. The van der Waals surface area contributed by atoms with Crippen molar-refractivity contribution in [2.24, 2.45) is 0 Å². The van der Waals surface area contributed by atoms with Crippen molar-refractivity contribution in [3.8, 4) is 0 Å². The average Bonchev–Trinajstić information content (AvgIpc) is 2.89. The van der Waals surface area contributed by atoms with Gasteiger partial charge in [-0.1, -0.05) is 53.9 Å². The molecule has 1 atom stereocenters. The van der Waals surface area contributed by atoms with E-state index in [1.807, 2.05) is 41.1 Å². The van der Waals surface area contributed by atoms with Gasteiger partial charge in [-0.05, 0) is 36.8 Å². The van der Waals surface area contributed by atoms with E-state index in [-0.39, 0.29) is 6.17 Å². The number of nitrogens with zero attached hydrogens (tertiary/aromatic N) is 3. The Bertz CT molecular complexity index is 764. The predicted molar refractivity (Wildman–Crippen MR) is 91.6 cm³/mol. The molecule has 6 heteroatoms. The Morgan fingerprint density at radius 2 is 1.86 bits per heavy atom. The number of fused-ring (bicyclic) bond motifs is 1. The average molecular weight is 335 g/mol. The van der Waals surface area contributed by atoms with Crippen LogP contribution in [0.5, 0.6) is 0 Å². The summed E-state index contributed by atoms with van der Waals surface area (Å²) in [5.41, 5.74) is 2.76. The summed E-state index contributed by atoms with van der Waals surface area (Å²) >= 11 is 12.1. The van der Waals surface area contributed by atoms with Gasteiger partial charge in [-0.15, -0.1) is 5.10 Å². The maximum Gasteiger partial charge on any atom is 0.123 e. The van der Waals surface area contributed by atoms with Crippen molar-refractivity contribution in [1.82, 2.24) is 15.0 Å². The van der Waals surface area contributed by atoms with Crippen LogP contribution in [0.1, 0.15) is 25.9 Å². The fourth-order valence-corrected chi connectivity index (χ4v) is 3.00. The van der Waals surface area contributed by atoms with Crippen LogP contribution in [0, 0.1) is 0 Å². The number of halogens is 2. The van der Waals surface area contributed by atoms with Gasteiger partial charge in [0.2, 0.25) is 0 Å². The second-order valence-corrected chi connectivity index (χ2v) is 6.00. The number of para-hydroxylation sites is 1. The van der Waals surface area contributed by atoms with Crippen LogP contribution in [0.3, 0.4) is 0 Å². The van der Waals surface area contributed by atoms with Gasteiger partial charge in [0.15, 0.2) is 0 Å². The van der Waals surface area contributed by atoms with E-state index >= 15 is 0 Å². The molecule has 0 radical (unpaired) electrons. The molecule has 0 aliphatic carbocycles. The van der Waals surface area contributed by atoms with Gasteiger partial charge in [0.25, 0.3) is 0 Å². The topological polar surface area (TPSA) is 42.7 Å². The number of hydrogen-bond donors (Lipinski definition) is 1. The monoisotopic (exact) mass is 334 g/mol. The standard InChI is InChI=1S/C16H16Cl2N4/c1-2-5-16(19-13-9-11(17)8-12(18)10-13)22-15-7-4-3-6-14(15)20-21-22/h3-4,6-10,16,19H,2,5H2,1H3/t16-/m1/s1. The molecule has 0 amide bonds. The van der Waals surface area contributed by atoms with Crippen LogP contribution < -0.4 is 5.32 Å². The van der Waals surface area contributed by atoms with Gasteiger partial charge in [-0.2, -0.15) is 0 Å².